The van der Waals surface area contributed by atoms with E-state index in [1.54, 1.807) is 51.7 Å². The lowest BCUT2D eigenvalue weighted by Crippen LogP contribution is -2.02. The summed E-state index contributed by atoms with van der Waals surface area (Å²) in [6.45, 7) is 0. The second-order valence-electron chi connectivity index (χ2n) is 4.88. The zero-order chi connectivity index (χ0) is 15.7. The van der Waals surface area contributed by atoms with Crippen LogP contribution in [0.25, 0.3) is 0 Å². The maximum absolute atomic E-state index is 12.5. The van der Waals surface area contributed by atoms with E-state index in [1.165, 1.54) is 0 Å². The molecule has 2 aromatic carbocycles. The van der Waals surface area contributed by atoms with Gasteiger partial charge in [-0.1, -0.05) is 0 Å². The fraction of sp³-hybridized carbons (Fsp3) is 0.235. The molecular formula is C17H16O5. The van der Waals surface area contributed by atoms with Crippen LogP contribution in [0.3, 0.4) is 0 Å². The third-order valence-electron chi connectivity index (χ3n) is 3.62. The van der Waals surface area contributed by atoms with Gasteiger partial charge in [0.25, 0.3) is 0 Å². The predicted molar refractivity (Wildman–Crippen MR) is 80.6 cm³/mol. The van der Waals surface area contributed by atoms with Crippen LogP contribution in [0.15, 0.2) is 30.3 Å². The van der Waals surface area contributed by atoms with Crippen LogP contribution in [0, 0.1) is 0 Å². The first-order valence-electron chi connectivity index (χ1n) is 6.80. The van der Waals surface area contributed by atoms with Gasteiger partial charge in [0.05, 0.1) is 26.9 Å². The average Bonchev–Trinajstić information content (AvgIpc) is 2.68. The highest BCUT2D eigenvalue weighted by molar-refractivity contribution is 6.01. The standard InChI is InChI=1S/C17H16O5/c1-19-11-4-5-14-12(8-11)13(18)6-10-7-16(20-2)17(21-3)9-15(10)22-14/h4-5,7-9H,6H2,1-3H3. The van der Waals surface area contributed by atoms with Gasteiger partial charge in [0.15, 0.2) is 17.3 Å². The molecule has 0 saturated carbocycles. The molecule has 0 unspecified atom stereocenters. The Bertz CT molecular complexity index is 736. The van der Waals surface area contributed by atoms with Gasteiger partial charge in [0, 0.05) is 18.1 Å². The molecule has 1 heterocycles. The Kier molecular flexibility index (Phi) is 3.63. The summed E-state index contributed by atoms with van der Waals surface area (Å²) in [5.41, 5.74) is 1.27. The quantitative estimate of drug-likeness (QED) is 0.871. The molecule has 1 aliphatic heterocycles. The highest BCUT2D eigenvalue weighted by Gasteiger charge is 2.24. The van der Waals surface area contributed by atoms with Crippen LogP contribution < -0.4 is 18.9 Å². The van der Waals surface area contributed by atoms with E-state index in [1.807, 2.05) is 0 Å². The molecule has 0 bridgehead atoms. The summed E-state index contributed by atoms with van der Waals surface area (Å²) in [5.74, 6) is 2.83. The molecule has 0 aliphatic carbocycles. The van der Waals surface area contributed by atoms with Crippen LogP contribution in [0.1, 0.15) is 15.9 Å². The summed E-state index contributed by atoms with van der Waals surface area (Å²) in [4.78, 5) is 12.5. The molecule has 1 aliphatic rings. The molecule has 0 saturated heterocycles. The lowest BCUT2D eigenvalue weighted by Gasteiger charge is -2.13. The summed E-state index contributed by atoms with van der Waals surface area (Å²) >= 11 is 0. The number of rotatable bonds is 3. The minimum atomic E-state index is -0.0279. The van der Waals surface area contributed by atoms with Crippen LogP contribution >= 0.6 is 0 Å². The Labute approximate surface area is 128 Å². The Balaban J connectivity index is 2.11. The van der Waals surface area contributed by atoms with Crippen LogP contribution in [0.4, 0.5) is 0 Å². The number of methoxy groups -OCH3 is 3. The van der Waals surface area contributed by atoms with Crippen molar-refractivity contribution >= 4 is 5.78 Å². The van der Waals surface area contributed by atoms with E-state index in [4.69, 9.17) is 18.9 Å². The fourth-order valence-electron chi connectivity index (χ4n) is 2.47. The molecule has 5 nitrogen and oxygen atoms in total. The number of carbonyl (C=O) groups is 1. The molecule has 5 heteroatoms. The van der Waals surface area contributed by atoms with Gasteiger partial charge in [-0.2, -0.15) is 0 Å². The van der Waals surface area contributed by atoms with Crippen LogP contribution in [0.2, 0.25) is 0 Å². The van der Waals surface area contributed by atoms with Crippen molar-refractivity contribution in [1.82, 2.24) is 0 Å². The molecule has 0 atom stereocenters. The fourth-order valence-corrected chi connectivity index (χ4v) is 2.47. The summed E-state index contributed by atoms with van der Waals surface area (Å²) in [7, 11) is 4.68. The maximum atomic E-state index is 12.5. The normalized spacial score (nSPS) is 12.6. The SMILES string of the molecule is COc1ccc2c(c1)C(=O)Cc1cc(OC)c(OC)cc1O2. The summed E-state index contributed by atoms with van der Waals surface area (Å²) in [6.07, 6.45) is 0.232. The molecule has 114 valence electrons. The number of hydrogen-bond acceptors (Lipinski definition) is 5. The molecule has 0 fully saturated rings. The number of benzene rings is 2. The molecule has 0 N–H and O–H groups in total. The van der Waals surface area contributed by atoms with Crippen LogP contribution in [0.5, 0.6) is 28.7 Å². The van der Waals surface area contributed by atoms with Crippen molar-refractivity contribution in [3.05, 3.63) is 41.5 Å². The molecule has 0 spiro atoms. The number of ether oxygens (including phenoxy) is 4. The number of ketones is 1. The molecule has 2 aromatic rings. The van der Waals surface area contributed by atoms with Crippen molar-refractivity contribution in [1.29, 1.82) is 0 Å². The molecular weight excluding hydrogens is 284 g/mol. The van der Waals surface area contributed by atoms with E-state index in [0.29, 0.717) is 34.3 Å². The van der Waals surface area contributed by atoms with Gasteiger partial charge in [-0.15, -0.1) is 0 Å². The van der Waals surface area contributed by atoms with Gasteiger partial charge in [0.2, 0.25) is 0 Å². The Morgan fingerprint density at radius 3 is 2.32 bits per heavy atom. The zero-order valence-electron chi connectivity index (χ0n) is 12.6. The Hall–Kier alpha value is -2.69. The lowest BCUT2D eigenvalue weighted by molar-refractivity contribution is 0.0993. The number of fused-ring (bicyclic) bond motifs is 2. The third-order valence-corrected chi connectivity index (χ3v) is 3.62. The average molecular weight is 300 g/mol. The van der Waals surface area contributed by atoms with Crippen LogP contribution in [-0.4, -0.2) is 27.1 Å². The second kappa shape index (κ2) is 5.60. The van der Waals surface area contributed by atoms with Crippen molar-refractivity contribution in [3.8, 4) is 28.7 Å². The minimum absolute atomic E-state index is 0.0279. The lowest BCUT2D eigenvalue weighted by atomic mass is 10.0. The third kappa shape index (κ3) is 2.35. The van der Waals surface area contributed by atoms with Gasteiger partial charge in [0.1, 0.15) is 17.2 Å². The molecule has 0 radical (unpaired) electrons. The highest BCUT2D eigenvalue weighted by atomic mass is 16.5. The monoisotopic (exact) mass is 300 g/mol. The molecule has 0 amide bonds. The van der Waals surface area contributed by atoms with Gasteiger partial charge >= 0.3 is 0 Å². The van der Waals surface area contributed by atoms with E-state index in [9.17, 15) is 4.79 Å². The van der Waals surface area contributed by atoms with Crippen molar-refractivity contribution < 1.29 is 23.7 Å². The molecule has 22 heavy (non-hydrogen) atoms. The number of Topliss-reactive ketones (excluding diaryl/α,β-unsaturated/α-hetero) is 1. The summed E-state index contributed by atoms with van der Waals surface area (Å²) in [6, 6.07) is 8.70. The Morgan fingerprint density at radius 2 is 1.64 bits per heavy atom. The van der Waals surface area contributed by atoms with Gasteiger partial charge in [-0.3, -0.25) is 4.79 Å². The van der Waals surface area contributed by atoms with Crippen molar-refractivity contribution in [2.75, 3.05) is 21.3 Å². The van der Waals surface area contributed by atoms with E-state index in [2.05, 4.69) is 0 Å². The number of carbonyl (C=O) groups excluding carboxylic acids is 1. The first-order valence-corrected chi connectivity index (χ1v) is 6.80. The van der Waals surface area contributed by atoms with E-state index in [-0.39, 0.29) is 12.2 Å². The van der Waals surface area contributed by atoms with E-state index < -0.39 is 0 Å². The van der Waals surface area contributed by atoms with Crippen molar-refractivity contribution in [3.63, 3.8) is 0 Å². The Morgan fingerprint density at radius 1 is 0.909 bits per heavy atom. The van der Waals surface area contributed by atoms with Gasteiger partial charge in [-0.05, 0) is 24.3 Å². The van der Waals surface area contributed by atoms with Crippen LogP contribution in [-0.2, 0) is 6.42 Å². The summed E-state index contributed by atoms with van der Waals surface area (Å²) in [5, 5.41) is 0. The topological polar surface area (TPSA) is 54.0 Å². The van der Waals surface area contributed by atoms with E-state index in [0.717, 1.165) is 5.56 Å². The van der Waals surface area contributed by atoms with E-state index >= 15 is 0 Å². The number of hydrogen-bond donors (Lipinski definition) is 0. The predicted octanol–water partition coefficient (Wildman–Crippen LogP) is 3.24. The van der Waals surface area contributed by atoms with Crippen molar-refractivity contribution in [2.45, 2.75) is 6.42 Å². The maximum Gasteiger partial charge on any atom is 0.171 e. The van der Waals surface area contributed by atoms with Crippen molar-refractivity contribution in [2.24, 2.45) is 0 Å². The molecule has 0 aromatic heterocycles. The first kappa shape index (κ1) is 14.3. The second-order valence-corrected chi connectivity index (χ2v) is 4.88. The summed E-state index contributed by atoms with van der Waals surface area (Å²) < 4.78 is 21.6. The first-order chi connectivity index (χ1) is 10.7. The van der Waals surface area contributed by atoms with Gasteiger partial charge < -0.3 is 18.9 Å². The minimum Gasteiger partial charge on any atom is -0.497 e. The smallest absolute Gasteiger partial charge is 0.171 e. The zero-order valence-corrected chi connectivity index (χ0v) is 12.6. The van der Waals surface area contributed by atoms with Gasteiger partial charge in [-0.25, -0.2) is 0 Å². The highest BCUT2D eigenvalue weighted by Crippen LogP contribution is 2.41. The molecule has 3 rings (SSSR count). The largest absolute Gasteiger partial charge is 0.497 e.